The molecule has 0 aromatic carbocycles. The van der Waals surface area contributed by atoms with E-state index in [2.05, 4.69) is 58.3 Å². The van der Waals surface area contributed by atoms with Gasteiger partial charge in [0, 0.05) is 16.9 Å². The molecule has 0 saturated carbocycles. The second kappa shape index (κ2) is 8.43. The van der Waals surface area contributed by atoms with Crippen LogP contribution >= 0.6 is 15.9 Å². The molecule has 3 heteroatoms. The van der Waals surface area contributed by atoms with E-state index in [4.69, 9.17) is 0 Å². The second-order valence-corrected chi connectivity index (χ2v) is 5.49. The monoisotopic (exact) mass is 296 g/mol. The predicted molar refractivity (Wildman–Crippen MR) is 77.1 cm³/mol. The average Bonchev–Trinajstić information content (AvgIpc) is 2.27. The molecule has 1 aromatic rings. The van der Waals surface area contributed by atoms with Gasteiger partial charge in [-0.05, 0) is 59.4 Å². The number of pyridine rings is 1. The summed E-state index contributed by atoms with van der Waals surface area (Å²) in [5, 5.41) is 3.42. The summed E-state index contributed by atoms with van der Waals surface area (Å²) in [4.78, 5) is 4.14. The molecule has 2 nitrogen and oxygen atoms in total. The van der Waals surface area contributed by atoms with E-state index < -0.39 is 0 Å². The molecule has 17 heavy (non-hydrogen) atoms. The Kier molecular flexibility index (Phi) is 7.13. The molecule has 0 fully saturated rings. The normalized spacial score (nSPS) is 11.5. The SMILES string of the molecule is CC(C)CNCC/C=C/Cc1cncc(Br)c1. The summed E-state index contributed by atoms with van der Waals surface area (Å²) in [7, 11) is 0. The van der Waals surface area contributed by atoms with E-state index in [1.807, 2.05) is 12.4 Å². The summed E-state index contributed by atoms with van der Waals surface area (Å²) in [5.74, 6) is 0.728. The third kappa shape index (κ3) is 7.29. The molecule has 0 atom stereocenters. The Bertz CT molecular complexity index is 348. The van der Waals surface area contributed by atoms with Crippen LogP contribution in [0.15, 0.2) is 35.1 Å². The lowest BCUT2D eigenvalue weighted by Gasteiger charge is -2.04. The molecule has 0 spiro atoms. The van der Waals surface area contributed by atoms with Crippen LogP contribution in [0, 0.1) is 5.92 Å². The van der Waals surface area contributed by atoms with Crippen molar-refractivity contribution < 1.29 is 0 Å². The molecule has 94 valence electrons. The topological polar surface area (TPSA) is 24.9 Å². The van der Waals surface area contributed by atoms with Crippen molar-refractivity contribution in [3.8, 4) is 0 Å². The van der Waals surface area contributed by atoms with Crippen molar-refractivity contribution in [1.29, 1.82) is 0 Å². The first-order valence-corrected chi connectivity index (χ1v) is 6.93. The molecule has 1 rings (SSSR count). The van der Waals surface area contributed by atoms with Gasteiger partial charge in [0.2, 0.25) is 0 Å². The van der Waals surface area contributed by atoms with Crippen LogP contribution in [-0.4, -0.2) is 18.1 Å². The summed E-state index contributed by atoms with van der Waals surface area (Å²) in [5.41, 5.74) is 1.24. The van der Waals surface area contributed by atoms with Crippen molar-refractivity contribution in [3.05, 3.63) is 40.6 Å². The van der Waals surface area contributed by atoms with Crippen LogP contribution in [0.25, 0.3) is 0 Å². The van der Waals surface area contributed by atoms with Gasteiger partial charge < -0.3 is 5.32 Å². The number of nitrogens with zero attached hydrogens (tertiary/aromatic N) is 1. The zero-order valence-electron chi connectivity index (χ0n) is 10.6. The molecular weight excluding hydrogens is 276 g/mol. The second-order valence-electron chi connectivity index (χ2n) is 4.57. The van der Waals surface area contributed by atoms with Gasteiger partial charge in [0.25, 0.3) is 0 Å². The summed E-state index contributed by atoms with van der Waals surface area (Å²) < 4.78 is 1.04. The highest BCUT2D eigenvalue weighted by atomic mass is 79.9. The first kappa shape index (κ1) is 14.4. The van der Waals surface area contributed by atoms with Crippen LogP contribution in [0.5, 0.6) is 0 Å². The average molecular weight is 297 g/mol. The van der Waals surface area contributed by atoms with Crippen molar-refractivity contribution in [2.24, 2.45) is 5.92 Å². The quantitative estimate of drug-likeness (QED) is 0.614. The Morgan fingerprint density at radius 3 is 2.88 bits per heavy atom. The molecule has 0 saturated heterocycles. The lowest BCUT2D eigenvalue weighted by atomic mass is 10.2. The Labute approximate surface area is 113 Å². The standard InChI is InChI=1S/C14H21BrN2/c1-12(2)9-16-7-5-3-4-6-13-8-14(15)11-17-10-13/h3-4,8,10-12,16H,5-7,9H2,1-2H3/b4-3+. The maximum Gasteiger partial charge on any atom is 0.0410 e. The van der Waals surface area contributed by atoms with Crippen molar-refractivity contribution in [1.82, 2.24) is 10.3 Å². The summed E-state index contributed by atoms with van der Waals surface area (Å²) >= 11 is 3.42. The third-order valence-electron chi connectivity index (χ3n) is 2.32. The third-order valence-corrected chi connectivity index (χ3v) is 2.76. The van der Waals surface area contributed by atoms with Gasteiger partial charge in [0.05, 0.1) is 0 Å². The minimum atomic E-state index is 0.728. The highest BCUT2D eigenvalue weighted by Gasteiger charge is 1.92. The molecule has 1 N–H and O–H groups in total. The number of allylic oxidation sites excluding steroid dienone is 1. The van der Waals surface area contributed by atoms with Crippen LogP contribution in [-0.2, 0) is 6.42 Å². The predicted octanol–water partition coefficient (Wildman–Crippen LogP) is 3.58. The van der Waals surface area contributed by atoms with E-state index in [1.165, 1.54) is 5.56 Å². The van der Waals surface area contributed by atoms with Crippen molar-refractivity contribution in [2.75, 3.05) is 13.1 Å². The number of hydrogen-bond donors (Lipinski definition) is 1. The molecule has 1 heterocycles. The van der Waals surface area contributed by atoms with Crippen LogP contribution in [0.1, 0.15) is 25.8 Å². The van der Waals surface area contributed by atoms with Gasteiger partial charge in [0.15, 0.2) is 0 Å². The maximum atomic E-state index is 4.14. The van der Waals surface area contributed by atoms with Gasteiger partial charge in [-0.1, -0.05) is 26.0 Å². The first-order valence-electron chi connectivity index (χ1n) is 6.13. The fourth-order valence-electron chi connectivity index (χ4n) is 1.48. The molecule has 0 unspecified atom stereocenters. The molecule has 0 aliphatic heterocycles. The molecule has 0 aliphatic rings. The van der Waals surface area contributed by atoms with E-state index in [0.717, 1.165) is 36.3 Å². The molecule has 0 aliphatic carbocycles. The highest BCUT2D eigenvalue weighted by molar-refractivity contribution is 9.10. The lowest BCUT2D eigenvalue weighted by molar-refractivity contribution is 0.556. The van der Waals surface area contributed by atoms with Gasteiger partial charge in [0.1, 0.15) is 0 Å². The number of hydrogen-bond acceptors (Lipinski definition) is 2. The largest absolute Gasteiger partial charge is 0.316 e. The van der Waals surface area contributed by atoms with E-state index in [-0.39, 0.29) is 0 Å². The molecule has 1 aromatic heterocycles. The lowest BCUT2D eigenvalue weighted by Crippen LogP contribution is -2.20. The molecular formula is C14H21BrN2. The first-order chi connectivity index (χ1) is 8.18. The highest BCUT2D eigenvalue weighted by Crippen LogP contribution is 2.10. The summed E-state index contributed by atoms with van der Waals surface area (Å²) in [6.45, 7) is 6.61. The Morgan fingerprint density at radius 1 is 1.35 bits per heavy atom. The number of aromatic nitrogens is 1. The molecule has 0 amide bonds. The van der Waals surface area contributed by atoms with Gasteiger partial charge in [-0.25, -0.2) is 0 Å². The van der Waals surface area contributed by atoms with Gasteiger partial charge in [-0.2, -0.15) is 0 Å². The zero-order valence-corrected chi connectivity index (χ0v) is 12.2. The Balaban J connectivity index is 2.14. The van der Waals surface area contributed by atoms with E-state index in [0.29, 0.717) is 0 Å². The smallest absolute Gasteiger partial charge is 0.0410 e. The fraction of sp³-hybridized carbons (Fsp3) is 0.500. The van der Waals surface area contributed by atoms with Gasteiger partial charge >= 0.3 is 0 Å². The van der Waals surface area contributed by atoms with Crippen LogP contribution in [0.2, 0.25) is 0 Å². The summed E-state index contributed by atoms with van der Waals surface area (Å²) in [6.07, 6.45) is 10.2. The minimum Gasteiger partial charge on any atom is -0.316 e. The van der Waals surface area contributed by atoms with E-state index >= 15 is 0 Å². The number of rotatable bonds is 7. The van der Waals surface area contributed by atoms with Crippen LogP contribution < -0.4 is 5.32 Å². The van der Waals surface area contributed by atoms with Crippen molar-refractivity contribution >= 4 is 15.9 Å². The van der Waals surface area contributed by atoms with Crippen LogP contribution in [0.3, 0.4) is 0 Å². The maximum absolute atomic E-state index is 4.14. The molecule has 0 bridgehead atoms. The zero-order chi connectivity index (χ0) is 12.5. The van der Waals surface area contributed by atoms with Gasteiger partial charge in [-0.3, -0.25) is 4.98 Å². The number of nitrogens with one attached hydrogen (secondary N) is 1. The Morgan fingerprint density at radius 2 is 2.18 bits per heavy atom. The fourth-order valence-corrected chi connectivity index (χ4v) is 1.89. The van der Waals surface area contributed by atoms with Crippen molar-refractivity contribution in [3.63, 3.8) is 0 Å². The number of halogens is 1. The van der Waals surface area contributed by atoms with Crippen LogP contribution in [0.4, 0.5) is 0 Å². The molecule has 0 radical (unpaired) electrons. The van der Waals surface area contributed by atoms with E-state index in [9.17, 15) is 0 Å². The van der Waals surface area contributed by atoms with Crippen molar-refractivity contribution in [2.45, 2.75) is 26.7 Å². The minimum absolute atomic E-state index is 0.728. The van der Waals surface area contributed by atoms with E-state index in [1.54, 1.807) is 0 Å². The van der Waals surface area contributed by atoms with Gasteiger partial charge in [-0.15, -0.1) is 0 Å². The summed E-state index contributed by atoms with van der Waals surface area (Å²) in [6, 6.07) is 2.11. The Hall–Kier alpha value is -0.670.